The Hall–Kier alpha value is -0.630. The Morgan fingerprint density at radius 2 is 2.08 bits per heavy atom. The maximum Gasteiger partial charge on any atom is 0.142 e. The minimum absolute atomic E-state index is 0.169. The van der Waals surface area contributed by atoms with Crippen molar-refractivity contribution in [3.63, 3.8) is 0 Å². The second-order valence-electron chi connectivity index (χ2n) is 3.87. The summed E-state index contributed by atoms with van der Waals surface area (Å²) in [5, 5.41) is 0. The van der Waals surface area contributed by atoms with Crippen molar-refractivity contribution in [3.8, 4) is 0 Å². The largest absolute Gasteiger partial charge is 0.381 e. The predicted molar refractivity (Wildman–Crippen MR) is 54.7 cm³/mol. The average molecular weight is 184 g/mol. The molecule has 0 bridgehead atoms. The van der Waals surface area contributed by atoms with Crippen LogP contribution in [0.3, 0.4) is 0 Å². The number of ether oxygens (including phenoxy) is 1. The van der Waals surface area contributed by atoms with Gasteiger partial charge in [-0.2, -0.15) is 0 Å². The lowest BCUT2D eigenvalue weighted by molar-refractivity contribution is -0.104. The van der Waals surface area contributed by atoms with Crippen molar-refractivity contribution in [1.82, 2.24) is 0 Å². The van der Waals surface area contributed by atoms with Crippen molar-refractivity contribution in [2.75, 3.05) is 7.11 Å². The van der Waals surface area contributed by atoms with E-state index in [1.165, 1.54) is 6.08 Å². The summed E-state index contributed by atoms with van der Waals surface area (Å²) in [6.45, 7) is 6.50. The van der Waals surface area contributed by atoms with E-state index in [1.807, 2.05) is 6.08 Å². The fourth-order valence-corrected chi connectivity index (χ4v) is 1.22. The van der Waals surface area contributed by atoms with E-state index in [0.717, 1.165) is 19.1 Å². The molecule has 2 nitrogen and oxygen atoms in total. The van der Waals surface area contributed by atoms with E-state index < -0.39 is 0 Å². The summed E-state index contributed by atoms with van der Waals surface area (Å²) < 4.78 is 5.39. The predicted octanol–water partition coefficient (Wildman–Crippen LogP) is 2.58. The Balaban J connectivity index is 4.16. The molecule has 0 radical (unpaired) electrons. The summed E-state index contributed by atoms with van der Waals surface area (Å²) in [5.41, 5.74) is 0.169. The highest BCUT2D eigenvalue weighted by molar-refractivity contribution is 5.64. The van der Waals surface area contributed by atoms with Crippen LogP contribution in [0.25, 0.3) is 0 Å². The van der Waals surface area contributed by atoms with E-state index in [1.54, 1.807) is 7.11 Å². The van der Waals surface area contributed by atoms with E-state index in [0.29, 0.717) is 0 Å². The van der Waals surface area contributed by atoms with Crippen LogP contribution in [-0.4, -0.2) is 19.5 Å². The van der Waals surface area contributed by atoms with Gasteiger partial charge in [0.1, 0.15) is 6.29 Å². The molecule has 1 atom stereocenters. The second kappa shape index (κ2) is 5.92. The summed E-state index contributed by atoms with van der Waals surface area (Å²) in [4.78, 5) is 10.1. The number of carbonyl (C=O) groups excluding carboxylic acids is 1. The first kappa shape index (κ1) is 12.4. The number of methoxy groups -OCH3 is 1. The SMILES string of the molecule is CCC(C)(C)C(CC=CC=O)OC. The van der Waals surface area contributed by atoms with E-state index >= 15 is 0 Å². The van der Waals surface area contributed by atoms with Crippen LogP contribution in [-0.2, 0) is 9.53 Å². The molecule has 2 heteroatoms. The molecule has 0 aliphatic carbocycles. The molecule has 0 aromatic carbocycles. The molecule has 1 unspecified atom stereocenters. The second-order valence-corrected chi connectivity index (χ2v) is 3.87. The quantitative estimate of drug-likeness (QED) is 0.468. The highest BCUT2D eigenvalue weighted by Gasteiger charge is 2.26. The van der Waals surface area contributed by atoms with Gasteiger partial charge in [0.15, 0.2) is 0 Å². The number of carbonyl (C=O) groups is 1. The third-order valence-corrected chi connectivity index (χ3v) is 2.63. The van der Waals surface area contributed by atoms with Crippen molar-refractivity contribution in [1.29, 1.82) is 0 Å². The van der Waals surface area contributed by atoms with Crippen LogP contribution in [0.1, 0.15) is 33.6 Å². The lowest BCUT2D eigenvalue weighted by Crippen LogP contribution is -2.30. The molecule has 0 N–H and O–H groups in total. The molecule has 0 aliphatic rings. The first-order valence-corrected chi connectivity index (χ1v) is 4.71. The Morgan fingerprint density at radius 1 is 1.46 bits per heavy atom. The first-order chi connectivity index (χ1) is 6.08. The molecule has 0 heterocycles. The molecular weight excluding hydrogens is 164 g/mol. The molecule has 0 fully saturated rings. The van der Waals surface area contributed by atoms with Gasteiger partial charge >= 0.3 is 0 Å². The lowest BCUT2D eigenvalue weighted by Gasteiger charge is -2.31. The van der Waals surface area contributed by atoms with Crippen molar-refractivity contribution >= 4 is 6.29 Å². The van der Waals surface area contributed by atoms with Gasteiger partial charge in [0.05, 0.1) is 6.10 Å². The molecule has 76 valence electrons. The van der Waals surface area contributed by atoms with Crippen LogP contribution < -0.4 is 0 Å². The molecule has 0 amide bonds. The zero-order valence-electron chi connectivity index (χ0n) is 9.04. The van der Waals surface area contributed by atoms with Gasteiger partial charge in [0.25, 0.3) is 0 Å². The molecular formula is C11H20O2. The zero-order valence-corrected chi connectivity index (χ0v) is 9.04. The van der Waals surface area contributed by atoms with Crippen molar-refractivity contribution in [2.24, 2.45) is 5.41 Å². The molecule has 13 heavy (non-hydrogen) atoms. The van der Waals surface area contributed by atoms with E-state index in [2.05, 4.69) is 20.8 Å². The fraction of sp³-hybridized carbons (Fsp3) is 0.727. The van der Waals surface area contributed by atoms with Gasteiger partial charge in [-0.05, 0) is 24.3 Å². The maximum absolute atomic E-state index is 10.1. The Morgan fingerprint density at radius 3 is 2.46 bits per heavy atom. The number of rotatable bonds is 6. The fourth-order valence-electron chi connectivity index (χ4n) is 1.22. The summed E-state index contributed by atoms with van der Waals surface area (Å²) in [7, 11) is 1.72. The topological polar surface area (TPSA) is 26.3 Å². The number of hydrogen-bond donors (Lipinski definition) is 0. The van der Waals surface area contributed by atoms with Gasteiger partial charge < -0.3 is 4.74 Å². The van der Waals surface area contributed by atoms with Gasteiger partial charge in [0.2, 0.25) is 0 Å². The molecule has 0 aromatic heterocycles. The van der Waals surface area contributed by atoms with Crippen LogP contribution in [0.4, 0.5) is 0 Å². The van der Waals surface area contributed by atoms with Crippen molar-refractivity contribution < 1.29 is 9.53 Å². The van der Waals surface area contributed by atoms with Crippen LogP contribution in [0.5, 0.6) is 0 Å². The monoisotopic (exact) mass is 184 g/mol. The summed E-state index contributed by atoms with van der Waals surface area (Å²) in [6.07, 6.45) is 6.24. The van der Waals surface area contributed by atoms with Crippen LogP contribution in [0, 0.1) is 5.41 Å². The normalized spacial score (nSPS) is 14.8. The number of allylic oxidation sites excluding steroid dienone is 1. The number of hydrogen-bond acceptors (Lipinski definition) is 2. The molecule has 0 saturated carbocycles. The molecule has 0 aliphatic heterocycles. The molecule has 0 aromatic rings. The Bertz CT molecular complexity index is 171. The molecule has 0 spiro atoms. The standard InChI is InChI=1S/C11H20O2/c1-5-11(2,3)10(13-4)8-6-7-9-12/h6-7,9-10H,5,8H2,1-4H3. The van der Waals surface area contributed by atoms with E-state index in [4.69, 9.17) is 4.74 Å². The molecule has 0 saturated heterocycles. The summed E-state index contributed by atoms with van der Waals surface area (Å²) >= 11 is 0. The third kappa shape index (κ3) is 4.23. The van der Waals surface area contributed by atoms with Crippen molar-refractivity contribution in [3.05, 3.63) is 12.2 Å². The van der Waals surface area contributed by atoms with Crippen LogP contribution in [0.15, 0.2) is 12.2 Å². The van der Waals surface area contributed by atoms with E-state index in [9.17, 15) is 4.79 Å². The van der Waals surface area contributed by atoms with Crippen LogP contribution in [0.2, 0.25) is 0 Å². The maximum atomic E-state index is 10.1. The third-order valence-electron chi connectivity index (χ3n) is 2.63. The van der Waals surface area contributed by atoms with Gasteiger partial charge in [-0.1, -0.05) is 26.8 Å². The Kier molecular flexibility index (Phi) is 5.63. The highest BCUT2D eigenvalue weighted by Crippen LogP contribution is 2.29. The van der Waals surface area contributed by atoms with Crippen LogP contribution >= 0.6 is 0 Å². The van der Waals surface area contributed by atoms with Gasteiger partial charge in [-0.25, -0.2) is 0 Å². The van der Waals surface area contributed by atoms with E-state index in [-0.39, 0.29) is 11.5 Å². The summed E-state index contributed by atoms with van der Waals surface area (Å²) in [6, 6.07) is 0. The highest BCUT2D eigenvalue weighted by atomic mass is 16.5. The lowest BCUT2D eigenvalue weighted by atomic mass is 9.82. The summed E-state index contributed by atoms with van der Waals surface area (Å²) in [5.74, 6) is 0. The molecule has 0 rings (SSSR count). The smallest absolute Gasteiger partial charge is 0.142 e. The van der Waals surface area contributed by atoms with Gasteiger partial charge in [-0.3, -0.25) is 4.79 Å². The zero-order chi connectivity index (χ0) is 10.3. The minimum atomic E-state index is 0.169. The average Bonchev–Trinajstić information content (AvgIpc) is 2.12. The Labute approximate surface area is 81.0 Å². The minimum Gasteiger partial charge on any atom is -0.381 e. The van der Waals surface area contributed by atoms with Gasteiger partial charge in [0, 0.05) is 7.11 Å². The number of aldehydes is 1. The van der Waals surface area contributed by atoms with Gasteiger partial charge in [-0.15, -0.1) is 0 Å². The first-order valence-electron chi connectivity index (χ1n) is 4.71. The van der Waals surface area contributed by atoms with Crippen molar-refractivity contribution in [2.45, 2.75) is 39.7 Å².